The van der Waals surface area contributed by atoms with E-state index < -0.39 is 6.10 Å². The number of rotatable bonds is 3. The Hall–Kier alpha value is -1.68. The molecular weight excluding hydrogens is 231 g/mol. The molecule has 1 saturated carbocycles. The first-order valence-corrected chi connectivity index (χ1v) is 6.18. The van der Waals surface area contributed by atoms with E-state index in [1.54, 1.807) is 29.9 Å². The van der Waals surface area contributed by atoms with Crippen molar-refractivity contribution < 1.29 is 9.50 Å². The van der Waals surface area contributed by atoms with Crippen LogP contribution in [0.15, 0.2) is 30.5 Å². The van der Waals surface area contributed by atoms with Crippen molar-refractivity contribution in [3.8, 4) is 5.69 Å². The second-order valence-corrected chi connectivity index (χ2v) is 4.85. The Bertz CT molecular complexity index is 573. The number of halogens is 1. The van der Waals surface area contributed by atoms with Crippen LogP contribution in [0.5, 0.6) is 0 Å². The SMILES string of the molecule is C[C@H](O)c1ccc(-n2ccc(C3CC3)n2)c(F)c1. The summed E-state index contributed by atoms with van der Waals surface area (Å²) in [5.41, 5.74) is 2.03. The Kier molecular flexibility index (Phi) is 2.67. The Morgan fingerprint density at radius 2 is 2.17 bits per heavy atom. The zero-order chi connectivity index (χ0) is 12.7. The predicted octanol–water partition coefficient (Wildman–Crippen LogP) is 2.94. The average Bonchev–Trinajstić information content (AvgIpc) is 3.08. The topological polar surface area (TPSA) is 38.0 Å². The number of aliphatic hydroxyl groups is 1. The highest BCUT2D eigenvalue weighted by molar-refractivity contribution is 5.37. The number of aliphatic hydroxyl groups excluding tert-OH is 1. The molecule has 1 fully saturated rings. The van der Waals surface area contributed by atoms with Crippen molar-refractivity contribution >= 4 is 0 Å². The van der Waals surface area contributed by atoms with E-state index in [2.05, 4.69) is 5.10 Å². The molecule has 1 aliphatic carbocycles. The lowest BCUT2D eigenvalue weighted by molar-refractivity contribution is 0.199. The Balaban J connectivity index is 1.94. The summed E-state index contributed by atoms with van der Waals surface area (Å²) in [5, 5.41) is 13.8. The first-order chi connectivity index (χ1) is 8.65. The molecule has 4 heteroatoms. The molecule has 0 aliphatic heterocycles. The number of benzene rings is 1. The fourth-order valence-electron chi connectivity index (χ4n) is 2.04. The molecule has 1 aromatic heterocycles. The number of aromatic nitrogens is 2. The van der Waals surface area contributed by atoms with Crippen LogP contribution in [0.2, 0.25) is 0 Å². The second-order valence-electron chi connectivity index (χ2n) is 4.85. The van der Waals surface area contributed by atoms with Gasteiger partial charge in [-0.05, 0) is 43.5 Å². The molecule has 0 unspecified atom stereocenters. The third-order valence-corrected chi connectivity index (χ3v) is 3.31. The molecule has 0 saturated heterocycles. The van der Waals surface area contributed by atoms with Crippen molar-refractivity contribution in [3.05, 3.63) is 47.5 Å². The fourth-order valence-corrected chi connectivity index (χ4v) is 2.04. The molecule has 1 aromatic carbocycles. The smallest absolute Gasteiger partial charge is 0.149 e. The van der Waals surface area contributed by atoms with E-state index in [4.69, 9.17) is 0 Å². The van der Waals surface area contributed by atoms with E-state index in [1.807, 2.05) is 6.07 Å². The van der Waals surface area contributed by atoms with Gasteiger partial charge in [0.15, 0.2) is 0 Å². The largest absolute Gasteiger partial charge is 0.389 e. The second kappa shape index (κ2) is 4.21. The van der Waals surface area contributed by atoms with Crippen LogP contribution < -0.4 is 0 Å². The summed E-state index contributed by atoms with van der Waals surface area (Å²) in [4.78, 5) is 0. The zero-order valence-electron chi connectivity index (χ0n) is 10.2. The molecule has 0 spiro atoms. The normalized spacial score (nSPS) is 16.8. The maximum Gasteiger partial charge on any atom is 0.149 e. The van der Waals surface area contributed by atoms with Crippen LogP contribution in [0.3, 0.4) is 0 Å². The van der Waals surface area contributed by atoms with Gasteiger partial charge in [-0.2, -0.15) is 5.10 Å². The summed E-state index contributed by atoms with van der Waals surface area (Å²) in [5.74, 6) is 0.199. The minimum atomic E-state index is -0.659. The van der Waals surface area contributed by atoms with E-state index in [0.717, 1.165) is 5.69 Å². The van der Waals surface area contributed by atoms with Gasteiger partial charge in [-0.25, -0.2) is 9.07 Å². The molecule has 3 rings (SSSR count). The highest BCUT2D eigenvalue weighted by Crippen LogP contribution is 2.39. The van der Waals surface area contributed by atoms with Crippen molar-refractivity contribution in [2.45, 2.75) is 31.8 Å². The van der Waals surface area contributed by atoms with Gasteiger partial charge < -0.3 is 5.11 Å². The van der Waals surface area contributed by atoms with E-state index in [0.29, 0.717) is 17.2 Å². The highest BCUT2D eigenvalue weighted by atomic mass is 19.1. The zero-order valence-corrected chi connectivity index (χ0v) is 10.2. The van der Waals surface area contributed by atoms with Crippen molar-refractivity contribution in [2.24, 2.45) is 0 Å². The molecule has 1 aliphatic rings. The monoisotopic (exact) mass is 246 g/mol. The van der Waals surface area contributed by atoms with Gasteiger partial charge in [0.25, 0.3) is 0 Å². The van der Waals surface area contributed by atoms with Gasteiger partial charge in [-0.15, -0.1) is 0 Å². The first-order valence-electron chi connectivity index (χ1n) is 6.18. The van der Waals surface area contributed by atoms with Gasteiger partial charge >= 0.3 is 0 Å². The molecule has 0 radical (unpaired) electrons. The van der Waals surface area contributed by atoms with Gasteiger partial charge in [0.2, 0.25) is 0 Å². The molecule has 1 atom stereocenters. The van der Waals surface area contributed by atoms with E-state index in [-0.39, 0.29) is 5.82 Å². The summed E-state index contributed by atoms with van der Waals surface area (Å²) >= 11 is 0. The maximum atomic E-state index is 14.0. The van der Waals surface area contributed by atoms with Gasteiger partial charge in [-0.3, -0.25) is 0 Å². The van der Waals surface area contributed by atoms with Crippen LogP contribution in [-0.2, 0) is 0 Å². The van der Waals surface area contributed by atoms with E-state index in [1.165, 1.54) is 18.9 Å². The molecule has 1 heterocycles. The molecule has 2 aromatic rings. The predicted molar refractivity (Wildman–Crippen MR) is 66.1 cm³/mol. The summed E-state index contributed by atoms with van der Waals surface area (Å²) < 4.78 is 15.5. The Morgan fingerprint density at radius 1 is 1.39 bits per heavy atom. The van der Waals surface area contributed by atoms with Gasteiger partial charge in [-0.1, -0.05) is 6.07 Å². The van der Waals surface area contributed by atoms with Gasteiger partial charge in [0.05, 0.1) is 11.8 Å². The lowest BCUT2D eigenvalue weighted by Gasteiger charge is -2.08. The fraction of sp³-hybridized carbons (Fsp3) is 0.357. The summed E-state index contributed by atoms with van der Waals surface area (Å²) in [6.07, 6.45) is 3.49. The van der Waals surface area contributed by atoms with Crippen LogP contribution in [0.1, 0.15) is 43.0 Å². The van der Waals surface area contributed by atoms with Crippen LogP contribution in [0.25, 0.3) is 5.69 Å². The molecular formula is C14H15FN2O. The van der Waals surface area contributed by atoms with Crippen LogP contribution in [0.4, 0.5) is 4.39 Å². The van der Waals surface area contributed by atoms with Crippen LogP contribution >= 0.6 is 0 Å². The van der Waals surface area contributed by atoms with Crippen LogP contribution in [-0.4, -0.2) is 14.9 Å². The number of hydrogen-bond donors (Lipinski definition) is 1. The minimum absolute atomic E-state index is 0.362. The van der Waals surface area contributed by atoms with Gasteiger partial charge in [0, 0.05) is 12.1 Å². The molecule has 1 N–H and O–H groups in total. The quantitative estimate of drug-likeness (QED) is 0.904. The van der Waals surface area contributed by atoms with Crippen molar-refractivity contribution in [2.75, 3.05) is 0 Å². The molecule has 0 amide bonds. The number of hydrogen-bond acceptors (Lipinski definition) is 2. The van der Waals surface area contributed by atoms with Crippen molar-refractivity contribution in [1.82, 2.24) is 9.78 Å². The molecule has 94 valence electrons. The summed E-state index contributed by atoms with van der Waals surface area (Å²) in [7, 11) is 0. The van der Waals surface area contributed by atoms with E-state index in [9.17, 15) is 9.50 Å². The molecule has 3 nitrogen and oxygen atoms in total. The standard InChI is InChI=1S/C14H15FN2O/c1-9(18)11-4-5-14(12(15)8-11)17-7-6-13(16-17)10-2-3-10/h4-10,18H,2-3H2,1H3/t9-/m0/s1. The number of nitrogens with zero attached hydrogens (tertiary/aromatic N) is 2. The van der Waals surface area contributed by atoms with E-state index >= 15 is 0 Å². The maximum absolute atomic E-state index is 14.0. The van der Waals surface area contributed by atoms with Crippen molar-refractivity contribution in [3.63, 3.8) is 0 Å². The lowest BCUT2D eigenvalue weighted by Crippen LogP contribution is -2.01. The highest BCUT2D eigenvalue weighted by Gasteiger charge is 2.26. The summed E-state index contributed by atoms with van der Waals surface area (Å²) in [6.45, 7) is 1.62. The average molecular weight is 246 g/mol. The van der Waals surface area contributed by atoms with Crippen LogP contribution in [0, 0.1) is 5.82 Å². The van der Waals surface area contributed by atoms with Crippen molar-refractivity contribution in [1.29, 1.82) is 0 Å². The third-order valence-electron chi connectivity index (χ3n) is 3.31. The lowest BCUT2D eigenvalue weighted by atomic mass is 10.1. The molecule has 0 bridgehead atoms. The summed E-state index contributed by atoms with van der Waals surface area (Å²) in [6, 6.07) is 6.68. The van der Waals surface area contributed by atoms with Gasteiger partial charge in [0.1, 0.15) is 11.5 Å². The first kappa shape index (κ1) is 11.4. The Morgan fingerprint density at radius 3 is 2.78 bits per heavy atom. The molecule has 18 heavy (non-hydrogen) atoms. The third kappa shape index (κ3) is 2.04. The minimum Gasteiger partial charge on any atom is -0.389 e. The Labute approximate surface area is 105 Å².